The van der Waals surface area contributed by atoms with Gasteiger partial charge in [-0.05, 0) is 105 Å². The predicted molar refractivity (Wildman–Crippen MR) is 181 cm³/mol. The first-order valence-corrected chi connectivity index (χ1v) is 17.9. The van der Waals surface area contributed by atoms with Crippen LogP contribution in [0, 0.1) is 11.8 Å². The highest BCUT2D eigenvalue weighted by Crippen LogP contribution is 2.43. The summed E-state index contributed by atoms with van der Waals surface area (Å²) in [4.78, 5) is 23.6. The monoisotopic (exact) mass is 665 g/mol. The molecule has 6 rings (SSSR count). The summed E-state index contributed by atoms with van der Waals surface area (Å²) in [6.45, 7) is 5.07. The molecule has 1 saturated heterocycles. The minimum absolute atomic E-state index is 0.107. The highest BCUT2D eigenvalue weighted by Gasteiger charge is 2.41. The van der Waals surface area contributed by atoms with E-state index >= 15 is 0 Å². The van der Waals surface area contributed by atoms with Gasteiger partial charge < -0.3 is 23.8 Å². The number of aromatic nitrogens is 2. The van der Waals surface area contributed by atoms with E-state index in [1.54, 1.807) is 30.2 Å². The van der Waals surface area contributed by atoms with Crippen molar-refractivity contribution in [2.24, 2.45) is 11.8 Å². The van der Waals surface area contributed by atoms with Crippen LogP contribution in [0.25, 0.3) is 0 Å². The molecule has 2 aliphatic heterocycles. The molecule has 0 spiro atoms. The highest BCUT2D eigenvalue weighted by molar-refractivity contribution is 7.99. The largest absolute Gasteiger partial charge is 0.487 e. The van der Waals surface area contributed by atoms with E-state index in [1.165, 1.54) is 12.7 Å². The average Bonchev–Trinajstić information content (AvgIpc) is 3.09. The maximum absolute atomic E-state index is 12.6. The Hall–Kier alpha value is -2.85. The van der Waals surface area contributed by atoms with Crippen LogP contribution in [-0.2, 0) is 27.2 Å². The second-order valence-electron chi connectivity index (χ2n) is 12.6. The van der Waals surface area contributed by atoms with Crippen LogP contribution in [0.3, 0.4) is 0 Å². The molecule has 246 valence electrons. The molecule has 1 saturated carbocycles. The molecule has 10 heteroatoms. The quantitative estimate of drug-likeness (QED) is 0.132. The maximum Gasteiger partial charge on any atom is 0.337 e. The molecule has 0 unspecified atom stereocenters. The van der Waals surface area contributed by atoms with E-state index in [0.717, 1.165) is 97.6 Å². The van der Waals surface area contributed by atoms with Gasteiger partial charge in [-0.15, -0.1) is 0 Å². The van der Waals surface area contributed by atoms with Crippen molar-refractivity contribution in [1.82, 2.24) is 9.97 Å². The van der Waals surface area contributed by atoms with Crippen LogP contribution in [-0.4, -0.2) is 66.8 Å². The van der Waals surface area contributed by atoms with E-state index in [0.29, 0.717) is 24.0 Å². The van der Waals surface area contributed by atoms with Gasteiger partial charge >= 0.3 is 5.97 Å². The molecular formula is C36H44ClN3O5S. The third-order valence-electron chi connectivity index (χ3n) is 9.49. The third-order valence-corrected chi connectivity index (χ3v) is 10.8. The molecular weight excluding hydrogens is 622 g/mol. The number of halogens is 1. The van der Waals surface area contributed by atoms with Gasteiger partial charge in [0.05, 0.1) is 36.7 Å². The molecule has 3 aromatic rings. The highest BCUT2D eigenvalue weighted by atomic mass is 35.5. The molecule has 0 bridgehead atoms. The number of ether oxygens (including phenoxy) is 4. The Morgan fingerprint density at radius 2 is 1.98 bits per heavy atom. The number of hydrogen-bond acceptors (Lipinski definition) is 9. The summed E-state index contributed by atoms with van der Waals surface area (Å²) >= 11 is 7.99. The second kappa shape index (κ2) is 15.8. The van der Waals surface area contributed by atoms with Crippen molar-refractivity contribution in [3.63, 3.8) is 0 Å². The Kier molecular flexibility index (Phi) is 11.4. The molecule has 2 aromatic carbocycles. The summed E-state index contributed by atoms with van der Waals surface area (Å²) in [6, 6.07) is 13.5. The van der Waals surface area contributed by atoms with Crippen molar-refractivity contribution in [1.29, 1.82) is 0 Å². The number of methoxy groups -OCH3 is 1. The minimum atomic E-state index is -0.343. The molecule has 1 aromatic heterocycles. The number of benzene rings is 2. The molecule has 8 nitrogen and oxygen atoms in total. The minimum Gasteiger partial charge on any atom is -0.487 e. The normalized spacial score (nSPS) is 23.9. The first kappa shape index (κ1) is 33.1. The Bertz CT molecular complexity index is 1460. The summed E-state index contributed by atoms with van der Waals surface area (Å²) < 4.78 is 24.5. The summed E-state index contributed by atoms with van der Waals surface area (Å²) in [5.41, 5.74) is 3.86. The third kappa shape index (κ3) is 8.35. The van der Waals surface area contributed by atoms with E-state index < -0.39 is 0 Å². The average molecular weight is 666 g/mol. The number of thioether (sulfide) groups is 1. The SMILES string of the molecule is COC(=O)c1ccc2c(c1)N(C[C@@H]1CC[C@H]1[C@H]1C[C@H](O[C@@H](C)CSc3ncccn3)CCO1)CCCCc1cc(Cl)ccc1CO2. The van der Waals surface area contributed by atoms with Gasteiger partial charge in [-0.2, -0.15) is 0 Å². The first-order valence-electron chi connectivity index (χ1n) is 16.5. The molecule has 1 aliphatic carbocycles. The molecule has 2 fully saturated rings. The van der Waals surface area contributed by atoms with Crippen molar-refractivity contribution in [3.8, 4) is 5.75 Å². The number of esters is 1. The van der Waals surface area contributed by atoms with Gasteiger partial charge in [0.15, 0.2) is 5.16 Å². The fourth-order valence-electron chi connectivity index (χ4n) is 6.91. The van der Waals surface area contributed by atoms with Gasteiger partial charge in [0.25, 0.3) is 0 Å². The predicted octanol–water partition coefficient (Wildman–Crippen LogP) is 7.41. The van der Waals surface area contributed by atoms with Crippen molar-refractivity contribution < 1.29 is 23.7 Å². The summed E-state index contributed by atoms with van der Waals surface area (Å²) in [6.07, 6.45) is 11.2. The molecule has 0 amide bonds. The molecule has 3 heterocycles. The number of nitrogens with zero attached hydrogens (tertiary/aromatic N) is 3. The van der Waals surface area contributed by atoms with E-state index in [2.05, 4.69) is 33.9 Å². The Morgan fingerprint density at radius 1 is 1.11 bits per heavy atom. The van der Waals surface area contributed by atoms with Crippen LogP contribution >= 0.6 is 23.4 Å². The van der Waals surface area contributed by atoms with Gasteiger partial charge in [0.2, 0.25) is 0 Å². The molecule has 0 N–H and O–H groups in total. The standard InChI is InChI=1S/C36H44ClN3O5S/c1-24(23-46-36-38-14-5-15-39-36)45-30-13-17-43-34(20-30)31-11-8-27(31)21-40-16-4-3-6-25-18-29(37)10-7-28(25)22-44-33-12-9-26(19-32(33)40)35(41)42-2/h5,7,9-10,12,14-15,18-19,24,27,30-31,34H,3-4,6,8,11,13,16-17,20-23H2,1-2H3/t24-,27-,30+,31+,34+/m0/s1. The number of rotatable bonds is 9. The molecule has 5 atom stereocenters. The van der Waals surface area contributed by atoms with E-state index in [-0.39, 0.29) is 24.3 Å². The number of hydrogen-bond donors (Lipinski definition) is 0. The Morgan fingerprint density at radius 3 is 2.78 bits per heavy atom. The zero-order chi connectivity index (χ0) is 31.9. The fourth-order valence-corrected chi connectivity index (χ4v) is 7.84. The van der Waals surface area contributed by atoms with Gasteiger partial charge in [-0.25, -0.2) is 14.8 Å². The summed E-state index contributed by atoms with van der Waals surface area (Å²) in [7, 11) is 1.42. The summed E-state index contributed by atoms with van der Waals surface area (Å²) in [5.74, 6) is 2.22. The van der Waals surface area contributed by atoms with Crippen LogP contribution in [0.15, 0.2) is 60.0 Å². The van der Waals surface area contributed by atoms with Crippen LogP contribution < -0.4 is 9.64 Å². The smallest absolute Gasteiger partial charge is 0.337 e. The summed E-state index contributed by atoms with van der Waals surface area (Å²) in [5, 5.41) is 1.54. The van der Waals surface area contributed by atoms with E-state index in [9.17, 15) is 4.79 Å². The molecule has 0 radical (unpaired) electrons. The van der Waals surface area contributed by atoms with E-state index in [1.807, 2.05) is 24.3 Å². The van der Waals surface area contributed by atoms with Crippen molar-refractivity contribution in [3.05, 3.63) is 76.6 Å². The van der Waals surface area contributed by atoms with Gasteiger partial charge in [-0.1, -0.05) is 29.4 Å². The number of fused-ring (bicyclic) bond motifs is 2. The van der Waals surface area contributed by atoms with Crippen LogP contribution in [0.4, 0.5) is 5.69 Å². The topological polar surface area (TPSA) is 83.0 Å². The van der Waals surface area contributed by atoms with Crippen LogP contribution in [0.1, 0.15) is 66.9 Å². The lowest BCUT2D eigenvalue weighted by Gasteiger charge is -2.46. The molecule has 3 aliphatic rings. The number of aryl methyl sites for hydroxylation is 1. The first-order chi connectivity index (χ1) is 22.5. The zero-order valence-corrected chi connectivity index (χ0v) is 28.3. The van der Waals surface area contributed by atoms with Crippen molar-refractivity contribution in [2.75, 3.05) is 37.5 Å². The number of carbonyl (C=O) groups excluding carboxylic acids is 1. The van der Waals surface area contributed by atoms with Gasteiger partial charge in [0, 0.05) is 49.3 Å². The second-order valence-corrected chi connectivity index (χ2v) is 14.0. The number of carbonyl (C=O) groups is 1. The van der Waals surface area contributed by atoms with Crippen LogP contribution in [0.5, 0.6) is 5.75 Å². The fraction of sp³-hybridized carbons (Fsp3) is 0.528. The Labute approximate surface area is 281 Å². The van der Waals surface area contributed by atoms with E-state index in [4.69, 9.17) is 30.5 Å². The van der Waals surface area contributed by atoms with Crippen LogP contribution in [0.2, 0.25) is 5.02 Å². The lowest BCUT2D eigenvalue weighted by atomic mass is 9.68. The Balaban J connectivity index is 1.13. The maximum atomic E-state index is 12.6. The van der Waals surface area contributed by atoms with Gasteiger partial charge in [0.1, 0.15) is 12.4 Å². The van der Waals surface area contributed by atoms with Gasteiger partial charge in [-0.3, -0.25) is 0 Å². The van der Waals surface area contributed by atoms with Crippen molar-refractivity contribution in [2.45, 2.75) is 81.9 Å². The zero-order valence-electron chi connectivity index (χ0n) is 26.7. The lowest BCUT2D eigenvalue weighted by Crippen LogP contribution is -2.47. The lowest BCUT2D eigenvalue weighted by molar-refractivity contribution is -0.126. The van der Waals surface area contributed by atoms with Crippen molar-refractivity contribution >= 4 is 35.0 Å². The number of anilines is 1. The molecule has 46 heavy (non-hydrogen) atoms.